The van der Waals surface area contributed by atoms with Gasteiger partial charge in [0.1, 0.15) is 16.8 Å². The molecule has 1 unspecified atom stereocenters. The number of likely N-dealkylation sites (N-methyl/N-ethyl adjacent to an activating group) is 1. The van der Waals surface area contributed by atoms with Crippen molar-refractivity contribution in [2.45, 2.75) is 85.1 Å². The van der Waals surface area contributed by atoms with Gasteiger partial charge in [0, 0.05) is 74.8 Å². The summed E-state index contributed by atoms with van der Waals surface area (Å²) >= 11 is 0. The third-order valence-corrected chi connectivity index (χ3v) is 16.0. The quantitative estimate of drug-likeness (QED) is 0.274. The first-order chi connectivity index (χ1) is 24.9. The number of methoxy groups -OCH3 is 3. The smallest absolute Gasteiger partial charge is 0.340 e. The average Bonchev–Trinajstić information content (AvgIpc) is 3.57. The first kappa shape index (κ1) is 34.7. The summed E-state index contributed by atoms with van der Waals surface area (Å²) in [5.74, 6) is -1.70. The van der Waals surface area contributed by atoms with Gasteiger partial charge in [0.25, 0.3) is 10.0 Å². The number of sulfonamides is 1. The summed E-state index contributed by atoms with van der Waals surface area (Å²) < 4.78 is 55.8. The molecule has 1 heterocycles. The highest BCUT2D eigenvalue weighted by Gasteiger charge is 2.89. The van der Waals surface area contributed by atoms with Gasteiger partial charge in [-0.2, -0.15) is 0 Å². The number of fused-ring (bicyclic) bond motifs is 3. The molecule has 0 amide bonds. The zero-order chi connectivity index (χ0) is 36.4. The van der Waals surface area contributed by atoms with Crippen molar-refractivity contribution in [2.75, 3.05) is 39.1 Å². The van der Waals surface area contributed by atoms with Gasteiger partial charge in [-0.15, -0.1) is 0 Å². The Balaban J connectivity index is 1.12. The molecule has 3 aromatic carbocycles. The number of nitrogens with zero attached hydrogens (tertiary/aromatic N) is 1. The normalized spacial score (nSPS) is 41.6. The number of piperidine rings is 1. The summed E-state index contributed by atoms with van der Waals surface area (Å²) in [4.78, 5) is 17.1. The first-order valence-corrected chi connectivity index (χ1v) is 20.0. The summed E-state index contributed by atoms with van der Waals surface area (Å²) in [7, 11) is 0.912. The molecule has 5 aliphatic carbocycles. The predicted molar refractivity (Wildman–Crippen MR) is 192 cm³/mol. The van der Waals surface area contributed by atoms with Crippen LogP contribution in [0.25, 0.3) is 10.8 Å². The van der Waals surface area contributed by atoms with Crippen LogP contribution in [0.1, 0.15) is 49.4 Å². The van der Waals surface area contributed by atoms with Gasteiger partial charge in [-0.25, -0.2) is 13.2 Å². The molecule has 3 N–H and O–H groups in total. The van der Waals surface area contributed by atoms with Crippen molar-refractivity contribution in [3.8, 4) is 0 Å². The van der Waals surface area contributed by atoms with E-state index in [0.29, 0.717) is 50.6 Å². The highest BCUT2D eigenvalue weighted by atomic mass is 32.2. The van der Waals surface area contributed by atoms with E-state index >= 15 is 0 Å². The fraction of sp³-hybridized carbons (Fsp3) is 0.575. The monoisotopic (exact) mass is 732 g/mol. The van der Waals surface area contributed by atoms with E-state index in [0.717, 1.165) is 5.39 Å². The number of para-hydroxylation sites is 1. The van der Waals surface area contributed by atoms with E-state index in [1.54, 1.807) is 69.9 Å². The Morgan fingerprint density at radius 2 is 1.69 bits per heavy atom. The Morgan fingerprint density at radius 3 is 2.44 bits per heavy atom. The molecule has 11 nitrogen and oxygen atoms in total. The van der Waals surface area contributed by atoms with Gasteiger partial charge in [-0.05, 0) is 55.8 Å². The van der Waals surface area contributed by atoms with Crippen LogP contribution in [0, 0.1) is 29.1 Å². The van der Waals surface area contributed by atoms with Crippen LogP contribution < -0.4 is 4.72 Å². The molecule has 278 valence electrons. The Kier molecular flexibility index (Phi) is 7.80. The number of ether oxygens (including phenoxy) is 4. The second-order valence-electron chi connectivity index (χ2n) is 16.1. The number of aliphatic hydroxyl groups is 2. The molecular formula is C40H48N2O9S. The summed E-state index contributed by atoms with van der Waals surface area (Å²) in [6, 6.07) is 18.9. The number of anilines is 1. The maximum absolute atomic E-state index is 14.6. The summed E-state index contributed by atoms with van der Waals surface area (Å²) in [6.45, 7) is 3.21. The van der Waals surface area contributed by atoms with Crippen LogP contribution in [0.15, 0.2) is 71.6 Å². The Hall–Kier alpha value is -3.10. The van der Waals surface area contributed by atoms with Crippen LogP contribution in [-0.2, 0) is 29.0 Å². The summed E-state index contributed by atoms with van der Waals surface area (Å²) in [5, 5.41) is 27.4. The topological polar surface area (TPSA) is 144 Å². The van der Waals surface area contributed by atoms with Crippen molar-refractivity contribution < 1.29 is 42.4 Å². The van der Waals surface area contributed by atoms with Crippen molar-refractivity contribution in [3.05, 3.63) is 72.3 Å². The molecule has 1 saturated heterocycles. The minimum Gasteiger partial charge on any atom is -0.454 e. The largest absolute Gasteiger partial charge is 0.454 e. The van der Waals surface area contributed by atoms with Gasteiger partial charge in [0.05, 0.1) is 34.5 Å². The van der Waals surface area contributed by atoms with Crippen LogP contribution in [0.5, 0.6) is 0 Å². The van der Waals surface area contributed by atoms with Crippen LogP contribution >= 0.6 is 0 Å². The SMILES string of the molecule is CCN1C[C@]2(OC(=O)c3ccccc3NS(=O)(=O)c3cccc4ccccc34)CC[C@H](OC)[C@]34C1[C@H](C[C@H]23)[C@@]1(O)C[C@H](OC)[C@H]2C[C@@H]4[C@]1(O)[C@H]2OC. The summed E-state index contributed by atoms with van der Waals surface area (Å²) in [6.07, 6.45) is 1.44. The summed E-state index contributed by atoms with van der Waals surface area (Å²) in [5.41, 5.74) is -4.39. The highest BCUT2D eigenvalue weighted by Crippen LogP contribution is 2.79. The molecule has 6 fully saturated rings. The van der Waals surface area contributed by atoms with Gasteiger partial charge in [0.15, 0.2) is 0 Å². The minimum absolute atomic E-state index is 0.110. The van der Waals surface area contributed by atoms with Gasteiger partial charge in [-0.3, -0.25) is 9.62 Å². The molecular weight excluding hydrogens is 685 g/mol. The van der Waals surface area contributed by atoms with Crippen LogP contribution in [0.4, 0.5) is 5.69 Å². The van der Waals surface area contributed by atoms with Crippen LogP contribution in [-0.4, -0.2) is 105 Å². The maximum atomic E-state index is 14.6. The second kappa shape index (κ2) is 11.7. The van der Waals surface area contributed by atoms with Crippen molar-refractivity contribution >= 4 is 32.5 Å². The Labute approximate surface area is 304 Å². The van der Waals surface area contributed by atoms with E-state index in [-0.39, 0.29) is 52.1 Å². The van der Waals surface area contributed by atoms with Gasteiger partial charge >= 0.3 is 5.97 Å². The van der Waals surface area contributed by atoms with E-state index < -0.39 is 50.2 Å². The number of esters is 1. The van der Waals surface area contributed by atoms with Crippen LogP contribution in [0.3, 0.4) is 0 Å². The third kappa shape index (κ3) is 4.17. The molecule has 6 aliphatic rings. The number of carbonyl (C=O) groups excluding carboxylic acids is 1. The molecule has 12 atom stereocenters. The lowest BCUT2D eigenvalue weighted by atomic mass is 9.44. The van der Waals surface area contributed by atoms with Crippen LogP contribution in [0.2, 0.25) is 0 Å². The number of rotatable bonds is 9. The molecule has 7 bridgehead atoms. The fourth-order valence-electron chi connectivity index (χ4n) is 13.0. The van der Waals surface area contributed by atoms with Gasteiger partial charge < -0.3 is 29.2 Å². The molecule has 3 aromatic rings. The highest BCUT2D eigenvalue weighted by molar-refractivity contribution is 7.93. The Bertz CT molecular complexity index is 2040. The molecule has 12 heteroatoms. The van der Waals surface area contributed by atoms with E-state index in [9.17, 15) is 23.4 Å². The van der Waals surface area contributed by atoms with Gasteiger partial charge in [0.2, 0.25) is 0 Å². The van der Waals surface area contributed by atoms with Crippen molar-refractivity contribution in [3.63, 3.8) is 0 Å². The third-order valence-electron chi connectivity index (χ3n) is 14.6. The van der Waals surface area contributed by atoms with E-state index in [1.807, 2.05) is 18.2 Å². The standard InChI is InChI=1S/C40H48N2O9S/c1-5-42-22-37(51-36(43)25-14-8-9-15-28(25)41-52(46,47)30-16-10-12-23-11-6-7-13-24(23)30)18-17-33(49-3)39-31(37)20-27(34(39)42)38(44)21-29(48-2)26-19-32(39)40(38,45)35(26)50-4/h6-16,26-27,29,31-35,41,44-45H,5,17-22H2,1-4H3/t26-,27+,29+,31-,32+,33+,34?,35+,37-,38+,39+,40+/m1/s1. The number of hydrogen-bond donors (Lipinski definition) is 3. The van der Waals surface area contributed by atoms with E-state index in [2.05, 4.69) is 16.5 Å². The Morgan fingerprint density at radius 1 is 0.942 bits per heavy atom. The zero-order valence-electron chi connectivity index (χ0n) is 30.0. The van der Waals surface area contributed by atoms with Crippen molar-refractivity contribution in [1.82, 2.24) is 4.90 Å². The molecule has 1 aliphatic heterocycles. The van der Waals surface area contributed by atoms with E-state index in [4.69, 9.17) is 18.9 Å². The molecule has 52 heavy (non-hydrogen) atoms. The maximum Gasteiger partial charge on any atom is 0.340 e. The van der Waals surface area contributed by atoms with Crippen molar-refractivity contribution in [2.24, 2.45) is 29.1 Å². The molecule has 5 saturated carbocycles. The number of benzene rings is 3. The lowest BCUT2D eigenvalue weighted by Crippen LogP contribution is -2.83. The number of hydrogen-bond acceptors (Lipinski definition) is 10. The van der Waals surface area contributed by atoms with Crippen molar-refractivity contribution in [1.29, 1.82) is 0 Å². The molecule has 9 rings (SSSR count). The predicted octanol–water partition coefficient (Wildman–Crippen LogP) is 4.22. The fourth-order valence-corrected chi connectivity index (χ4v) is 14.3. The second-order valence-corrected chi connectivity index (χ2v) is 17.7. The molecule has 0 aromatic heterocycles. The van der Waals surface area contributed by atoms with E-state index in [1.165, 1.54) is 0 Å². The lowest BCUT2D eigenvalue weighted by molar-refractivity contribution is -0.337. The average molecular weight is 733 g/mol. The number of likely N-dealkylation sites (tertiary alicyclic amines) is 1. The zero-order valence-corrected chi connectivity index (χ0v) is 30.8. The minimum atomic E-state index is -4.10. The molecule has 1 spiro atoms. The number of carbonyl (C=O) groups is 1. The lowest BCUT2D eigenvalue weighted by Gasteiger charge is -2.70. The number of nitrogens with one attached hydrogen (secondary N) is 1. The van der Waals surface area contributed by atoms with Gasteiger partial charge in [-0.1, -0.05) is 55.5 Å². The first-order valence-electron chi connectivity index (χ1n) is 18.5. The molecule has 0 radical (unpaired) electrons.